The van der Waals surface area contributed by atoms with Gasteiger partial charge in [-0.3, -0.25) is 14.4 Å². The number of halogens is 1. The number of para-hydroxylation sites is 1. The van der Waals surface area contributed by atoms with Gasteiger partial charge >= 0.3 is 5.97 Å². The van der Waals surface area contributed by atoms with Crippen molar-refractivity contribution >= 4 is 34.9 Å². The molecular formula is C30H39ClN2O7. The molecule has 218 valence electrons. The fourth-order valence-corrected chi connectivity index (χ4v) is 5.18. The first-order valence-electron chi connectivity index (χ1n) is 13.2. The molecule has 0 saturated carbocycles. The minimum Gasteiger partial charge on any atom is -0.493 e. The molecule has 2 N–H and O–H groups in total. The van der Waals surface area contributed by atoms with Crippen LogP contribution in [0.1, 0.15) is 57.8 Å². The third kappa shape index (κ3) is 6.95. The number of fused-ring (bicyclic) bond motifs is 1. The van der Waals surface area contributed by atoms with E-state index in [-0.39, 0.29) is 30.3 Å². The number of ether oxygens (including phenoxy) is 3. The molecule has 2 aliphatic heterocycles. The zero-order chi connectivity index (χ0) is 29.7. The number of ketones is 1. The maximum Gasteiger partial charge on any atom is 0.318 e. The Morgan fingerprint density at radius 1 is 1.18 bits per heavy atom. The molecule has 9 nitrogen and oxygen atoms in total. The summed E-state index contributed by atoms with van der Waals surface area (Å²) in [7, 11) is 3.18. The van der Waals surface area contributed by atoms with Gasteiger partial charge in [0.25, 0.3) is 5.91 Å². The van der Waals surface area contributed by atoms with Gasteiger partial charge in [-0.2, -0.15) is 0 Å². The summed E-state index contributed by atoms with van der Waals surface area (Å²) in [5, 5.41) is 12.4. The molecule has 2 heterocycles. The maximum absolute atomic E-state index is 12.9. The first kappa shape index (κ1) is 31.4. The molecule has 10 heteroatoms. The normalized spacial score (nSPS) is 20.9. The Hall–Kier alpha value is -3.14. The van der Waals surface area contributed by atoms with Crippen LogP contribution in [0.3, 0.4) is 0 Å². The fourth-order valence-electron chi connectivity index (χ4n) is 5.00. The van der Waals surface area contributed by atoms with E-state index in [0.717, 1.165) is 29.8 Å². The number of nitrogens with zero attached hydrogens (tertiary/aromatic N) is 1. The predicted octanol–water partition coefficient (Wildman–Crippen LogP) is 4.89. The number of hydrogen-bond donors (Lipinski definition) is 2. The number of hydrogen-bond acceptors (Lipinski definition) is 7. The number of aliphatic carboxylic acids is 1. The summed E-state index contributed by atoms with van der Waals surface area (Å²) in [6.45, 7) is 9.28. The van der Waals surface area contributed by atoms with Gasteiger partial charge in [-0.25, -0.2) is 0 Å². The minimum absolute atomic E-state index is 0.0343. The second kappa shape index (κ2) is 13.0. The van der Waals surface area contributed by atoms with Crippen molar-refractivity contribution < 1.29 is 33.7 Å². The van der Waals surface area contributed by atoms with E-state index in [9.17, 15) is 14.4 Å². The van der Waals surface area contributed by atoms with Crippen LogP contribution < -0.4 is 19.7 Å². The number of rotatable bonds is 6. The van der Waals surface area contributed by atoms with E-state index >= 15 is 0 Å². The van der Waals surface area contributed by atoms with E-state index in [1.165, 1.54) is 6.92 Å². The van der Waals surface area contributed by atoms with Crippen molar-refractivity contribution in [3.8, 4) is 11.5 Å². The van der Waals surface area contributed by atoms with Crippen molar-refractivity contribution in [2.45, 2.75) is 46.6 Å². The van der Waals surface area contributed by atoms with Crippen LogP contribution in [-0.4, -0.2) is 63.2 Å². The first-order chi connectivity index (χ1) is 18.8. The average molecular weight is 575 g/mol. The monoisotopic (exact) mass is 574 g/mol. The molecule has 0 aromatic heterocycles. The molecular weight excluding hydrogens is 536 g/mol. The molecule has 0 spiro atoms. The third-order valence-electron chi connectivity index (χ3n) is 7.05. The predicted molar refractivity (Wildman–Crippen MR) is 153 cm³/mol. The number of methoxy groups -OCH3 is 2. The van der Waals surface area contributed by atoms with Crippen molar-refractivity contribution in [1.29, 1.82) is 0 Å². The summed E-state index contributed by atoms with van der Waals surface area (Å²) < 4.78 is 17.1. The molecule has 2 aromatic carbocycles. The van der Waals surface area contributed by atoms with Gasteiger partial charge in [0.1, 0.15) is 23.9 Å². The Morgan fingerprint density at radius 3 is 2.42 bits per heavy atom. The third-order valence-corrected chi connectivity index (χ3v) is 7.29. The quantitative estimate of drug-likeness (QED) is 0.469. The average Bonchev–Trinajstić information content (AvgIpc) is 3.03. The van der Waals surface area contributed by atoms with Crippen molar-refractivity contribution in [2.75, 3.05) is 45.4 Å². The Bertz CT molecular complexity index is 1220. The number of anilines is 1. The highest BCUT2D eigenvalue weighted by Gasteiger charge is 2.44. The summed E-state index contributed by atoms with van der Waals surface area (Å²) in [4.78, 5) is 36.7. The molecule has 2 aliphatic rings. The van der Waals surface area contributed by atoms with Crippen molar-refractivity contribution in [3.05, 3.63) is 52.5 Å². The molecule has 1 amide bonds. The molecule has 1 fully saturated rings. The number of Topliss-reactive ketones (excluding diaryl/α,β-unsaturated/α-hetero) is 1. The van der Waals surface area contributed by atoms with Gasteiger partial charge in [-0.05, 0) is 56.0 Å². The molecule has 2 atom stereocenters. The molecule has 2 aromatic rings. The van der Waals surface area contributed by atoms with Gasteiger partial charge in [-0.1, -0.05) is 44.5 Å². The summed E-state index contributed by atoms with van der Waals surface area (Å²) in [5.74, 6) is -0.140. The van der Waals surface area contributed by atoms with Crippen LogP contribution in [0.2, 0.25) is 5.02 Å². The van der Waals surface area contributed by atoms with Crippen LogP contribution in [0.5, 0.6) is 11.5 Å². The van der Waals surface area contributed by atoms with Gasteiger partial charge in [-0.15, -0.1) is 0 Å². The van der Waals surface area contributed by atoms with E-state index < -0.39 is 17.5 Å². The molecule has 2 unspecified atom stereocenters. The van der Waals surface area contributed by atoms with Gasteiger partial charge in [0, 0.05) is 34.9 Å². The lowest BCUT2D eigenvalue weighted by Gasteiger charge is -2.30. The summed E-state index contributed by atoms with van der Waals surface area (Å²) >= 11 is 6.32. The Kier molecular flexibility index (Phi) is 10.2. The smallest absolute Gasteiger partial charge is 0.318 e. The van der Waals surface area contributed by atoms with Crippen LogP contribution in [0.15, 0.2) is 36.4 Å². The number of benzene rings is 2. The van der Waals surface area contributed by atoms with E-state index in [4.69, 9.17) is 30.9 Å². The number of carboxylic acid groups (broad SMARTS) is 1. The van der Waals surface area contributed by atoms with Crippen molar-refractivity contribution in [2.24, 2.45) is 10.8 Å². The standard InChI is InChI=1S/C22H26ClNO4.C8H13NO3/c1-22(2,3)13-24-17-10-9-14(23)11-16(17)20(28-12-19(24)25)15-7-6-8-18(26-4)21(15)27-5;1-6(10)8(7(11)12)3-2-4-9-5-8/h6-11,20H,12-13H2,1-5H3;9H,2-5H2,1H3,(H,11,12). The number of carbonyl (C=O) groups excluding carboxylic acids is 2. The maximum atomic E-state index is 12.9. The van der Waals surface area contributed by atoms with Crippen molar-refractivity contribution in [3.63, 3.8) is 0 Å². The SMILES string of the molecule is CC(=O)C1(C(=O)O)CCCNC1.COc1cccc(C2OCC(=O)N(CC(C)(C)C)c3ccc(Cl)cc32)c1OC. The molecule has 4 rings (SSSR count). The molecule has 0 radical (unpaired) electrons. The van der Waals surface area contributed by atoms with Crippen LogP contribution in [0, 0.1) is 10.8 Å². The topological polar surface area (TPSA) is 114 Å². The van der Waals surface area contributed by atoms with Gasteiger partial charge in [0.15, 0.2) is 11.5 Å². The summed E-state index contributed by atoms with van der Waals surface area (Å²) in [6, 6.07) is 11.2. The zero-order valence-electron chi connectivity index (χ0n) is 24.0. The van der Waals surface area contributed by atoms with Crippen LogP contribution in [0.4, 0.5) is 5.69 Å². The van der Waals surface area contributed by atoms with Crippen LogP contribution >= 0.6 is 11.6 Å². The largest absolute Gasteiger partial charge is 0.493 e. The molecule has 40 heavy (non-hydrogen) atoms. The second-order valence-electron chi connectivity index (χ2n) is 11.2. The number of carbonyl (C=O) groups is 3. The fraction of sp³-hybridized carbons (Fsp3) is 0.500. The number of piperidine rings is 1. The van der Waals surface area contributed by atoms with Gasteiger partial charge in [0.05, 0.1) is 14.2 Å². The Labute approximate surface area is 240 Å². The highest BCUT2D eigenvalue weighted by atomic mass is 35.5. The van der Waals surface area contributed by atoms with Gasteiger partial charge < -0.3 is 29.5 Å². The summed E-state index contributed by atoms with van der Waals surface area (Å²) in [6.07, 6.45) is 0.712. The number of amides is 1. The lowest BCUT2D eigenvalue weighted by atomic mass is 9.77. The van der Waals surface area contributed by atoms with Crippen LogP contribution in [-0.2, 0) is 19.1 Å². The molecule has 0 aliphatic carbocycles. The first-order valence-corrected chi connectivity index (χ1v) is 13.6. The van der Waals surface area contributed by atoms with Crippen molar-refractivity contribution in [1.82, 2.24) is 5.32 Å². The molecule has 0 bridgehead atoms. The summed E-state index contributed by atoms with van der Waals surface area (Å²) in [5.41, 5.74) is 1.19. The van der Waals surface area contributed by atoms with E-state index in [0.29, 0.717) is 29.5 Å². The highest BCUT2D eigenvalue weighted by molar-refractivity contribution is 6.30. The highest BCUT2D eigenvalue weighted by Crippen LogP contribution is 2.44. The minimum atomic E-state index is -1.15. The molecule has 1 saturated heterocycles. The van der Waals surface area contributed by atoms with E-state index in [1.54, 1.807) is 25.2 Å². The second-order valence-corrected chi connectivity index (χ2v) is 11.7. The van der Waals surface area contributed by atoms with Gasteiger partial charge in [0.2, 0.25) is 0 Å². The Morgan fingerprint density at radius 2 is 1.90 bits per heavy atom. The lowest BCUT2D eigenvalue weighted by Crippen LogP contribution is -2.49. The van der Waals surface area contributed by atoms with E-state index in [1.807, 2.05) is 30.3 Å². The number of carboxylic acids is 1. The zero-order valence-corrected chi connectivity index (χ0v) is 24.8. The van der Waals surface area contributed by atoms with Crippen LogP contribution in [0.25, 0.3) is 0 Å². The number of nitrogens with one attached hydrogen (secondary N) is 1. The Balaban J connectivity index is 0.000000307. The van der Waals surface area contributed by atoms with E-state index in [2.05, 4.69) is 26.1 Å². The lowest BCUT2D eigenvalue weighted by molar-refractivity contribution is -0.155.